The van der Waals surface area contributed by atoms with Crippen molar-refractivity contribution in [2.75, 3.05) is 35.8 Å². The lowest BCUT2D eigenvalue weighted by Gasteiger charge is -2.21. The fourth-order valence-corrected chi connectivity index (χ4v) is 3.24. The Labute approximate surface area is 135 Å². The van der Waals surface area contributed by atoms with Gasteiger partial charge in [0.25, 0.3) is 0 Å². The second kappa shape index (κ2) is 8.66. The lowest BCUT2D eigenvalue weighted by molar-refractivity contribution is -0.113. The van der Waals surface area contributed by atoms with Crippen LogP contribution in [-0.2, 0) is 9.53 Å². The van der Waals surface area contributed by atoms with E-state index < -0.39 is 0 Å². The average Bonchev–Trinajstić information content (AvgIpc) is 2.55. The number of carbonyl (C=O) groups is 1. The minimum Gasteiger partial charge on any atom is -0.386 e. The molecule has 1 heterocycles. The summed E-state index contributed by atoms with van der Waals surface area (Å²) in [5, 5.41) is 14.8. The van der Waals surface area contributed by atoms with Crippen molar-refractivity contribution in [2.45, 2.75) is 25.4 Å². The monoisotopic (exact) mass is 319 g/mol. The van der Waals surface area contributed by atoms with E-state index in [0.29, 0.717) is 17.0 Å². The Morgan fingerprint density at radius 3 is 3.00 bits per heavy atom. The van der Waals surface area contributed by atoms with E-state index in [1.165, 1.54) is 6.42 Å². The summed E-state index contributed by atoms with van der Waals surface area (Å²) in [5.41, 5.74) is 1.96. The first-order valence-corrected chi connectivity index (χ1v) is 8.59. The van der Waals surface area contributed by atoms with Gasteiger partial charge in [-0.15, -0.1) is 11.8 Å². The van der Waals surface area contributed by atoms with E-state index in [1.807, 2.05) is 0 Å². The molecule has 1 atom stereocenters. The molecule has 0 radical (unpaired) electrons. The highest BCUT2D eigenvalue weighted by atomic mass is 32.2. The molecule has 0 saturated carbocycles. The number of nitrogens with one attached hydrogen (secondary N) is 2. The summed E-state index contributed by atoms with van der Waals surface area (Å²) in [6, 6.07) is 7.26. The maximum absolute atomic E-state index is 12.0. The van der Waals surface area contributed by atoms with Gasteiger partial charge in [-0.3, -0.25) is 4.79 Å². The first kappa shape index (κ1) is 16.7. The second-order valence-electron chi connectivity index (χ2n) is 5.17. The summed E-state index contributed by atoms with van der Waals surface area (Å²) in [7, 11) is 1.78. The van der Waals surface area contributed by atoms with Crippen molar-refractivity contribution in [2.24, 2.45) is 0 Å². The van der Waals surface area contributed by atoms with Crippen molar-refractivity contribution in [1.82, 2.24) is 0 Å². The number of anilines is 2. The zero-order chi connectivity index (χ0) is 15.8. The van der Waals surface area contributed by atoms with Gasteiger partial charge in [-0.1, -0.05) is 0 Å². The molecule has 0 bridgehead atoms. The Bertz CT molecular complexity index is 551. The number of amides is 1. The van der Waals surface area contributed by atoms with Gasteiger partial charge in [0, 0.05) is 19.4 Å². The van der Waals surface area contributed by atoms with Gasteiger partial charge < -0.3 is 15.4 Å². The number of hydrogen-bond donors (Lipinski definition) is 2. The quantitative estimate of drug-likeness (QED) is 0.843. The average molecular weight is 319 g/mol. The third kappa shape index (κ3) is 4.93. The Balaban J connectivity index is 1.82. The highest BCUT2D eigenvalue weighted by Gasteiger charge is 2.14. The van der Waals surface area contributed by atoms with E-state index in [1.54, 1.807) is 37.0 Å². The van der Waals surface area contributed by atoms with Crippen LogP contribution in [0.1, 0.15) is 24.8 Å². The van der Waals surface area contributed by atoms with Crippen molar-refractivity contribution in [1.29, 1.82) is 5.26 Å². The van der Waals surface area contributed by atoms with E-state index in [9.17, 15) is 4.79 Å². The molecule has 6 heteroatoms. The van der Waals surface area contributed by atoms with E-state index >= 15 is 0 Å². The molecule has 1 unspecified atom stereocenters. The number of carbonyl (C=O) groups excluding carboxylic acids is 1. The molecule has 1 aliphatic rings. The van der Waals surface area contributed by atoms with Crippen LogP contribution in [0.15, 0.2) is 18.2 Å². The molecular formula is C16H21N3O2S. The molecular weight excluding hydrogens is 298 g/mol. The lowest BCUT2D eigenvalue weighted by atomic mass is 10.1. The maximum atomic E-state index is 12.0. The molecule has 1 amide bonds. The van der Waals surface area contributed by atoms with Crippen molar-refractivity contribution < 1.29 is 9.53 Å². The molecule has 0 spiro atoms. The lowest BCUT2D eigenvalue weighted by Crippen LogP contribution is -2.23. The van der Waals surface area contributed by atoms with Gasteiger partial charge in [-0.2, -0.15) is 5.26 Å². The molecule has 118 valence electrons. The Morgan fingerprint density at radius 1 is 1.45 bits per heavy atom. The van der Waals surface area contributed by atoms with Crippen LogP contribution < -0.4 is 10.6 Å². The molecule has 1 fully saturated rings. The van der Waals surface area contributed by atoms with Gasteiger partial charge >= 0.3 is 0 Å². The predicted molar refractivity (Wildman–Crippen MR) is 90.2 cm³/mol. The standard InChI is InChI=1S/C16H21N3O2S/c1-18-14-6-5-12(9-17)8-15(14)19-16(20)11-22-10-13-4-2-3-7-21-13/h5-6,8,13,18H,2-4,7,10-11H2,1H3,(H,19,20). The largest absolute Gasteiger partial charge is 0.386 e. The number of ether oxygens (including phenoxy) is 1. The van der Waals surface area contributed by atoms with Gasteiger partial charge in [0.1, 0.15) is 0 Å². The van der Waals surface area contributed by atoms with Gasteiger partial charge in [-0.25, -0.2) is 0 Å². The molecule has 1 aromatic rings. The summed E-state index contributed by atoms with van der Waals surface area (Å²) < 4.78 is 5.65. The van der Waals surface area contributed by atoms with E-state index in [-0.39, 0.29) is 12.0 Å². The molecule has 5 nitrogen and oxygen atoms in total. The maximum Gasteiger partial charge on any atom is 0.234 e. The van der Waals surface area contributed by atoms with Crippen LogP contribution in [0, 0.1) is 11.3 Å². The molecule has 1 aliphatic heterocycles. The van der Waals surface area contributed by atoms with E-state index in [0.717, 1.165) is 30.9 Å². The van der Waals surface area contributed by atoms with E-state index in [4.69, 9.17) is 10.00 Å². The minimum absolute atomic E-state index is 0.0626. The first-order chi connectivity index (χ1) is 10.7. The number of thioether (sulfide) groups is 1. The normalized spacial score (nSPS) is 17.5. The molecule has 1 saturated heterocycles. The Kier molecular flexibility index (Phi) is 6.56. The highest BCUT2D eigenvalue weighted by Crippen LogP contribution is 2.23. The van der Waals surface area contributed by atoms with Crippen LogP contribution in [-0.4, -0.2) is 37.2 Å². The zero-order valence-corrected chi connectivity index (χ0v) is 13.5. The number of hydrogen-bond acceptors (Lipinski definition) is 5. The summed E-state index contributed by atoms with van der Waals surface area (Å²) in [6.45, 7) is 0.837. The summed E-state index contributed by atoms with van der Waals surface area (Å²) in [4.78, 5) is 12.0. The highest BCUT2D eigenvalue weighted by molar-refractivity contribution is 8.00. The molecule has 22 heavy (non-hydrogen) atoms. The summed E-state index contributed by atoms with van der Waals surface area (Å²) >= 11 is 1.59. The van der Waals surface area contributed by atoms with Crippen LogP contribution in [0.2, 0.25) is 0 Å². The molecule has 0 aromatic heterocycles. The molecule has 1 aromatic carbocycles. The fourth-order valence-electron chi connectivity index (χ4n) is 2.34. The Hall–Kier alpha value is -1.71. The van der Waals surface area contributed by atoms with Crippen LogP contribution in [0.4, 0.5) is 11.4 Å². The summed E-state index contributed by atoms with van der Waals surface area (Å²) in [5.74, 6) is 1.18. The topological polar surface area (TPSA) is 74.2 Å². The minimum atomic E-state index is -0.0626. The van der Waals surface area contributed by atoms with Crippen molar-refractivity contribution in [3.05, 3.63) is 23.8 Å². The predicted octanol–water partition coefficient (Wildman–Crippen LogP) is 2.84. The third-order valence-corrected chi connectivity index (χ3v) is 4.58. The van der Waals surface area contributed by atoms with E-state index in [2.05, 4.69) is 16.7 Å². The van der Waals surface area contributed by atoms with Gasteiger partial charge in [0.05, 0.1) is 34.9 Å². The smallest absolute Gasteiger partial charge is 0.234 e. The Morgan fingerprint density at radius 2 is 2.32 bits per heavy atom. The van der Waals surface area contributed by atoms with Crippen LogP contribution in [0.3, 0.4) is 0 Å². The fraction of sp³-hybridized carbons (Fsp3) is 0.500. The zero-order valence-electron chi connectivity index (χ0n) is 12.7. The van der Waals surface area contributed by atoms with Crippen molar-refractivity contribution >= 4 is 29.0 Å². The number of benzene rings is 1. The third-order valence-electron chi connectivity index (χ3n) is 3.50. The molecule has 2 rings (SSSR count). The van der Waals surface area contributed by atoms with Crippen LogP contribution in [0.25, 0.3) is 0 Å². The van der Waals surface area contributed by atoms with Crippen molar-refractivity contribution in [3.63, 3.8) is 0 Å². The molecule has 2 N–H and O–H groups in total. The summed E-state index contributed by atoms with van der Waals surface area (Å²) in [6.07, 6.45) is 3.72. The number of nitrogens with zero attached hydrogens (tertiary/aromatic N) is 1. The van der Waals surface area contributed by atoms with Crippen LogP contribution in [0.5, 0.6) is 0 Å². The van der Waals surface area contributed by atoms with Gasteiger partial charge in [0.15, 0.2) is 0 Å². The van der Waals surface area contributed by atoms with Gasteiger partial charge in [0.2, 0.25) is 5.91 Å². The number of rotatable bonds is 6. The first-order valence-electron chi connectivity index (χ1n) is 7.44. The van der Waals surface area contributed by atoms with Crippen molar-refractivity contribution in [3.8, 4) is 6.07 Å². The SMILES string of the molecule is CNc1ccc(C#N)cc1NC(=O)CSCC1CCCCO1. The number of nitriles is 1. The van der Waals surface area contributed by atoms with Gasteiger partial charge in [-0.05, 0) is 37.5 Å². The molecule has 0 aliphatic carbocycles. The second-order valence-corrected chi connectivity index (χ2v) is 6.20. The van der Waals surface area contributed by atoms with Crippen LogP contribution >= 0.6 is 11.8 Å².